The highest BCUT2D eigenvalue weighted by Gasteiger charge is 2.31. The molecule has 2 aromatic heterocycles. The first-order chi connectivity index (χ1) is 13.3. The molecule has 0 amide bonds. The number of alkyl halides is 3. The highest BCUT2D eigenvalue weighted by Crippen LogP contribution is 2.35. The smallest absolute Gasteiger partial charge is 0.464 e. The minimum absolute atomic E-state index is 0.0829. The van der Waals surface area contributed by atoms with E-state index in [4.69, 9.17) is 8.83 Å². The molecule has 144 valence electrons. The van der Waals surface area contributed by atoms with Crippen LogP contribution in [0.3, 0.4) is 0 Å². The van der Waals surface area contributed by atoms with Crippen LogP contribution in [0.15, 0.2) is 57.6 Å². The number of nitrogens with zero attached hydrogens (tertiary/aromatic N) is 2. The van der Waals surface area contributed by atoms with E-state index >= 15 is 0 Å². The second-order valence-corrected chi connectivity index (χ2v) is 6.06. The fraction of sp³-hybridized carbons (Fsp3) is 0.158. The van der Waals surface area contributed by atoms with Crippen LogP contribution in [-0.4, -0.2) is 21.7 Å². The van der Waals surface area contributed by atoms with Crippen LogP contribution < -0.4 is 4.74 Å². The number of halogens is 3. The first-order valence-electron chi connectivity index (χ1n) is 8.19. The van der Waals surface area contributed by atoms with Gasteiger partial charge in [0.05, 0.1) is 6.26 Å². The Kier molecular flexibility index (Phi) is 4.31. The van der Waals surface area contributed by atoms with Gasteiger partial charge in [-0.3, -0.25) is 0 Å². The molecule has 2 aromatic carbocycles. The lowest BCUT2D eigenvalue weighted by Gasteiger charge is -2.09. The first-order valence-corrected chi connectivity index (χ1v) is 8.19. The average molecular weight is 390 g/mol. The van der Waals surface area contributed by atoms with Crippen molar-refractivity contribution in [1.29, 1.82) is 0 Å². The SMILES string of the molecule is CC(O)c1nnc(-c2ccc3occ(-c4cccc(OC(F)(F)F)c4)c3c2)o1. The van der Waals surface area contributed by atoms with Crippen molar-refractivity contribution in [2.75, 3.05) is 0 Å². The van der Waals surface area contributed by atoms with Crippen LogP contribution in [0, 0.1) is 0 Å². The fourth-order valence-electron chi connectivity index (χ4n) is 2.77. The maximum Gasteiger partial charge on any atom is 0.573 e. The van der Waals surface area contributed by atoms with Gasteiger partial charge in [-0.2, -0.15) is 0 Å². The minimum atomic E-state index is -4.77. The maximum absolute atomic E-state index is 12.5. The number of fused-ring (bicyclic) bond motifs is 1. The van der Waals surface area contributed by atoms with E-state index < -0.39 is 12.5 Å². The molecule has 0 spiro atoms. The molecule has 4 aromatic rings. The predicted molar refractivity (Wildman–Crippen MR) is 92.3 cm³/mol. The molecule has 1 unspecified atom stereocenters. The molecular weight excluding hydrogens is 377 g/mol. The summed E-state index contributed by atoms with van der Waals surface area (Å²) in [5.74, 6) is -0.0346. The summed E-state index contributed by atoms with van der Waals surface area (Å²) in [5.41, 5.74) is 2.20. The van der Waals surface area contributed by atoms with Crippen LogP contribution in [-0.2, 0) is 0 Å². The van der Waals surface area contributed by atoms with Crippen molar-refractivity contribution >= 4 is 11.0 Å². The average Bonchev–Trinajstić information content (AvgIpc) is 3.27. The van der Waals surface area contributed by atoms with Gasteiger partial charge in [0, 0.05) is 16.5 Å². The van der Waals surface area contributed by atoms with Gasteiger partial charge in [0.2, 0.25) is 11.8 Å². The second kappa shape index (κ2) is 6.68. The number of hydrogen-bond acceptors (Lipinski definition) is 6. The van der Waals surface area contributed by atoms with E-state index in [2.05, 4.69) is 14.9 Å². The Hall–Kier alpha value is -3.33. The molecule has 0 bridgehead atoms. The Balaban J connectivity index is 1.75. The van der Waals surface area contributed by atoms with E-state index in [1.165, 1.54) is 31.4 Å². The van der Waals surface area contributed by atoms with E-state index in [0.717, 1.165) is 0 Å². The van der Waals surface area contributed by atoms with Crippen LogP contribution >= 0.6 is 0 Å². The quantitative estimate of drug-likeness (QED) is 0.522. The Morgan fingerprint density at radius 2 is 1.89 bits per heavy atom. The van der Waals surface area contributed by atoms with E-state index in [0.29, 0.717) is 27.7 Å². The van der Waals surface area contributed by atoms with Crippen LogP contribution in [0.5, 0.6) is 5.75 Å². The molecule has 0 saturated carbocycles. The number of rotatable bonds is 4. The van der Waals surface area contributed by atoms with E-state index in [1.807, 2.05) is 0 Å². The Morgan fingerprint density at radius 3 is 2.61 bits per heavy atom. The van der Waals surface area contributed by atoms with Gasteiger partial charge in [-0.15, -0.1) is 23.4 Å². The number of aliphatic hydroxyl groups excluding tert-OH is 1. The number of hydrogen-bond donors (Lipinski definition) is 1. The van der Waals surface area contributed by atoms with E-state index in [9.17, 15) is 18.3 Å². The number of aromatic nitrogens is 2. The summed E-state index contributed by atoms with van der Waals surface area (Å²) in [6, 6.07) is 10.7. The topological polar surface area (TPSA) is 81.5 Å². The van der Waals surface area contributed by atoms with Gasteiger partial charge in [-0.1, -0.05) is 12.1 Å². The molecule has 1 N–H and O–H groups in total. The van der Waals surface area contributed by atoms with Gasteiger partial charge >= 0.3 is 6.36 Å². The Labute approximate surface area is 156 Å². The maximum atomic E-state index is 12.5. The lowest BCUT2D eigenvalue weighted by Crippen LogP contribution is -2.17. The molecule has 0 aliphatic heterocycles. The fourth-order valence-corrected chi connectivity index (χ4v) is 2.77. The standard InChI is InChI=1S/C19H13F3N2O4/c1-10(25)17-23-24-18(27-17)12-5-6-16-14(8-12)15(9-26-16)11-3-2-4-13(7-11)28-19(20,21)22/h2-10,25H,1H3. The van der Waals surface area contributed by atoms with Gasteiger partial charge in [0.1, 0.15) is 17.4 Å². The number of ether oxygens (including phenoxy) is 1. The zero-order chi connectivity index (χ0) is 19.9. The summed E-state index contributed by atoms with van der Waals surface area (Å²) in [4.78, 5) is 0. The molecule has 0 fully saturated rings. The highest BCUT2D eigenvalue weighted by atomic mass is 19.4. The molecule has 9 heteroatoms. The van der Waals surface area contributed by atoms with Gasteiger partial charge in [-0.25, -0.2) is 0 Å². The molecule has 4 rings (SSSR count). The third-order valence-electron chi connectivity index (χ3n) is 4.00. The zero-order valence-corrected chi connectivity index (χ0v) is 14.4. The summed E-state index contributed by atoms with van der Waals surface area (Å²) in [6.45, 7) is 1.50. The monoisotopic (exact) mass is 390 g/mol. The van der Waals surface area contributed by atoms with Crippen molar-refractivity contribution < 1.29 is 31.8 Å². The second-order valence-electron chi connectivity index (χ2n) is 6.06. The zero-order valence-electron chi connectivity index (χ0n) is 14.4. The largest absolute Gasteiger partial charge is 0.573 e. The van der Waals surface area contributed by atoms with Crippen molar-refractivity contribution in [3.05, 3.63) is 54.6 Å². The molecule has 0 aliphatic rings. The number of benzene rings is 2. The van der Waals surface area contributed by atoms with Crippen molar-refractivity contribution in [2.45, 2.75) is 19.4 Å². The molecule has 0 aliphatic carbocycles. The molecular formula is C19H13F3N2O4. The van der Waals surface area contributed by atoms with Gasteiger partial charge in [0.15, 0.2) is 0 Å². The van der Waals surface area contributed by atoms with Crippen LogP contribution in [0.4, 0.5) is 13.2 Å². The lowest BCUT2D eigenvalue weighted by molar-refractivity contribution is -0.274. The van der Waals surface area contributed by atoms with Gasteiger partial charge < -0.3 is 18.7 Å². The van der Waals surface area contributed by atoms with Crippen molar-refractivity contribution in [2.24, 2.45) is 0 Å². The van der Waals surface area contributed by atoms with E-state index in [-0.39, 0.29) is 17.5 Å². The summed E-state index contributed by atoms with van der Waals surface area (Å²) < 4.78 is 52.4. The Bertz CT molecular complexity index is 1130. The third kappa shape index (κ3) is 3.56. The summed E-state index contributed by atoms with van der Waals surface area (Å²) in [7, 11) is 0. The molecule has 0 radical (unpaired) electrons. The van der Waals surface area contributed by atoms with E-state index in [1.54, 1.807) is 24.3 Å². The molecule has 0 saturated heterocycles. The summed E-state index contributed by atoms with van der Waals surface area (Å²) in [5, 5.41) is 17.8. The lowest BCUT2D eigenvalue weighted by atomic mass is 10.0. The Morgan fingerprint density at radius 1 is 1.07 bits per heavy atom. The number of aliphatic hydroxyl groups is 1. The van der Waals surface area contributed by atoms with Crippen LogP contribution in [0.2, 0.25) is 0 Å². The van der Waals surface area contributed by atoms with Crippen molar-refractivity contribution in [1.82, 2.24) is 10.2 Å². The molecule has 1 atom stereocenters. The predicted octanol–water partition coefficient (Wildman–Crippen LogP) is 5.10. The van der Waals surface area contributed by atoms with Crippen LogP contribution in [0.1, 0.15) is 18.9 Å². The highest BCUT2D eigenvalue weighted by molar-refractivity contribution is 5.96. The third-order valence-corrected chi connectivity index (χ3v) is 4.00. The minimum Gasteiger partial charge on any atom is -0.464 e. The van der Waals surface area contributed by atoms with Crippen molar-refractivity contribution in [3.63, 3.8) is 0 Å². The molecule has 2 heterocycles. The summed E-state index contributed by atoms with van der Waals surface area (Å²) >= 11 is 0. The van der Waals surface area contributed by atoms with Crippen LogP contribution in [0.25, 0.3) is 33.6 Å². The normalized spacial score (nSPS) is 13.0. The summed E-state index contributed by atoms with van der Waals surface area (Å²) in [6.07, 6.45) is -4.22. The van der Waals surface area contributed by atoms with Gasteiger partial charge in [-0.05, 0) is 42.8 Å². The molecule has 6 nitrogen and oxygen atoms in total. The van der Waals surface area contributed by atoms with Gasteiger partial charge in [0.25, 0.3) is 0 Å². The molecule has 28 heavy (non-hydrogen) atoms. The van der Waals surface area contributed by atoms with Crippen molar-refractivity contribution in [3.8, 4) is 28.3 Å². The first kappa shape index (κ1) is 18.1. The number of furan rings is 1.